The Morgan fingerprint density at radius 2 is 2.00 bits per heavy atom. The number of benzene rings is 2. The van der Waals surface area contributed by atoms with Gasteiger partial charge in [0.1, 0.15) is 17.2 Å². The molecule has 3 rings (SSSR count). The van der Waals surface area contributed by atoms with Crippen LogP contribution in [0.5, 0.6) is 17.2 Å². The van der Waals surface area contributed by atoms with Crippen LogP contribution in [-0.2, 0) is 0 Å². The Hall–Kier alpha value is -2.60. The zero-order chi connectivity index (χ0) is 20.8. The van der Waals surface area contributed by atoms with Gasteiger partial charge in [0.15, 0.2) is 0 Å². The number of urea groups is 1. The molecule has 0 bridgehead atoms. The van der Waals surface area contributed by atoms with Gasteiger partial charge in [-0.05, 0) is 49.6 Å². The van der Waals surface area contributed by atoms with E-state index in [1.54, 1.807) is 32.4 Å². The quantitative estimate of drug-likeness (QED) is 0.643. The third-order valence-corrected chi connectivity index (χ3v) is 5.25. The Morgan fingerprint density at radius 1 is 1.17 bits per heavy atom. The SMILES string of the molecule is CCCOc1ccc(NC(=O)N2CCCC2c2ccc(OC)cc2OC)cc1Cl. The van der Waals surface area contributed by atoms with E-state index < -0.39 is 0 Å². The number of anilines is 1. The highest BCUT2D eigenvalue weighted by Gasteiger charge is 2.32. The predicted molar refractivity (Wildman–Crippen MR) is 114 cm³/mol. The van der Waals surface area contributed by atoms with Gasteiger partial charge in [-0.2, -0.15) is 0 Å². The summed E-state index contributed by atoms with van der Waals surface area (Å²) in [5, 5.41) is 3.43. The molecule has 1 saturated heterocycles. The molecule has 1 N–H and O–H groups in total. The van der Waals surface area contributed by atoms with Crippen molar-refractivity contribution < 1.29 is 19.0 Å². The van der Waals surface area contributed by atoms with E-state index in [9.17, 15) is 4.79 Å². The van der Waals surface area contributed by atoms with Crippen LogP contribution in [0.15, 0.2) is 36.4 Å². The second-order valence-electron chi connectivity index (χ2n) is 6.88. The van der Waals surface area contributed by atoms with Crippen LogP contribution in [0.3, 0.4) is 0 Å². The van der Waals surface area contributed by atoms with Crippen LogP contribution < -0.4 is 19.5 Å². The van der Waals surface area contributed by atoms with Crippen LogP contribution in [0, 0.1) is 0 Å². The third-order valence-electron chi connectivity index (χ3n) is 4.96. The van der Waals surface area contributed by atoms with Gasteiger partial charge in [0.05, 0.1) is 31.9 Å². The first-order chi connectivity index (χ1) is 14.1. The first-order valence-electron chi connectivity index (χ1n) is 9.79. The number of nitrogens with zero attached hydrogens (tertiary/aromatic N) is 1. The number of carbonyl (C=O) groups is 1. The lowest BCUT2D eigenvalue weighted by Crippen LogP contribution is -2.34. The van der Waals surface area contributed by atoms with Gasteiger partial charge in [-0.1, -0.05) is 18.5 Å². The number of methoxy groups -OCH3 is 2. The van der Waals surface area contributed by atoms with E-state index >= 15 is 0 Å². The number of nitrogens with one attached hydrogen (secondary N) is 1. The highest BCUT2D eigenvalue weighted by Crippen LogP contribution is 2.39. The molecule has 7 heteroatoms. The smallest absolute Gasteiger partial charge is 0.322 e. The second-order valence-corrected chi connectivity index (χ2v) is 7.29. The fourth-order valence-corrected chi connectivity index (χ4v) is 3.76. The molecule has 1 atom stereocenters. The average molecular weight is 419 g/mol. The zero-order valence-electron chi connectivity index (χ0n) is 17.0. The Labute approximate surface area is 176 Å². The van der Waals surface area contributed by atoms with E-state index in [1.807, 2.05) is 30.0 Å². The van der Waals surface area contributed by atoms with Gasteiger partial charge in [0, 0.05) is 23.9 Å². The largest absolute Gasteiger partial charge is 0.497 e. The van der Waals surface area contributed by atoms with E-state index in [-0.39, 0.29) is 12.1 Å². The van der Waals surface area contributed by atoms with Crippen molar-refractivity contribution in [3.63, 3.8) is 0 Å². The molecular formula is C22H27ClN2O4. The van der Waals surface area contributed by atoms with Crippen molar-refractivity contribution in [3.05, 3.63) is 47.0 Å². The van der Waals surface area contributed by atoms with E-state index in [1.165, 1.54) is 0 Å². The summed E-state index contributed by atoms with van der Waals surface area (Å²) in [6.07, 6.45) is 2.71. The summed E-state index contributed by atoms with van der Waals surface area (Å²) in [5.74, 6) is 2.06. The molecule has 0 saturated carbocycles. The minimum atomic E-state index is -0.163. The van der Waals surface area contributed by atoms with Crippen LogP contribution >= 0.6 is 11.6 Å². The lowest BCUT2D eigenvalue weighted by molar-refractivity contribution is 0.206. The standard InChI is InChI=1S/C22H27ClN2O4/c1-4-12-29-20-10-7-15(13-18(20)23)24-22(26)25-11-5-6-19(25)17-9-8-16(27-2)14-21(17)28-3/h7-10,13-14,19H,4-6,11-12H2,1-3H3,(H,24,26). The highest BCUT2D eigenvalue weighted by molar-refractivity contribution is 6.32. The minimum Gasteiger partial charge on any atom is -0.497 e. The molecule has 0 aromatic heterocycles. The van der Waals surface area contributed by atoms with Crippen LogP contribution in [0.1, 0.15) is 37.8 Å². The van der Waals surface area contributed by atoms with Crippen LogP contribution in [0.25, 0.3) is 0 Å². The van der Waals surface area contributed by atoms with Gasteiger partial charge in [-0.25, -0.2) is 4.79 Å². The van der Waals surface area contributed by atoms with Crippen molar-refractivity contribution in [2.75, 3.05) is 32.7 Å². The number of rotatable bonds is 7. The number of hydrogen-bond acceptors (Lipinski definition) is 4. The van der Waals surface area contributed by atoms with E-state index in [0.717, 1.165) is 36.3 Å². The Balaban J connectivity index is 1.74. The van der Waals surface area contributed by atoms with E-state index in [0.29, 0.717) is 29.6 Å². The lowest BCUT2D eigenvalue weighted by atomic mass is 10.0. The maximum absolute atomic E-state index is 13.0. The number of likely N-dealkylation sites (tertiary alicyclic amines) is 1. The molecular weight excluding hydrogens is 392 g/mol. The summed E-state index contributed by atoms with van der Waals surface area (Å²) in [6.45, 7) is 3.31. The number of carbonyl (C=O) groups excluding carboxylic acids is 1. The molecule has 1 heterocycles. The van der Waals surface area contributed by atoms with Crippen LogP contribution in [0.2, 0.25) is 5.02 Å². The molecule has 0 radical (unpaired) electrons. The Morgan fingerprint density at radius 3 is 2.69 bits per heavy atom. The number of hydrogen-bond donors (Lipinski definition) is 1. The number of amides is 2. The van der Waals surface area contributed by atoms with Gasteiger partial charge in [-0.3, -0.25) is 0 Å². The molecule has 2 aromatic rings. The van der Waals surface area contributed by atoms with Crippen molar-refractivity contribution in [1.29, 1.82) is 0 Å². The van der Waals surface area contributed by atoms with Crippen molar-refractivity contribution in [1.82, 2.24) is 4.90 Å². The normalized spacial score (nSPS) is 15.9. The fourth-order valence-electron chi connectivity index (χ4n) is 3.53. The van der Waals surface area contributed by atoms with Gasteiger partial charge in [0.25, 0.3) is 0 Å². The van der Waals surface area contributed by atoms with Gasteiger partial charge >= 0.3 is 6.03 Å². The second kappa shape index (κ2) is 9.74. The molecule has 2 amide bonds. The Kier molecular flexibility index (Phi) is 7.09. The zero-order valence-corrected chi connectivity index (χ0v) is 17.8. The van der Waals surface area contributed by atoms with Gasteiger partial charge < -0.3 is 24.4 Å². The summed E-state index contributed by atoms with van der Waals surface area (Å²) < 4.78 is 16.4. The third kappa shape index (κ3) is 4.88. The average Bonchev–Trinajstić information content (AvgIpc) is 3.22. The van der Waals surface area contributed by atoms with Crippen LogP contribution in [0.4, 0.5) is 10.5 Å². The maximum Gasteiger partial charge on any atom is 0.322 e. The van der Waals surface area contributed by atoms with Gasteiger partial charge in [0.2, 0.25) is 0 Å². The first-order valence-corrected chi connectivity index (χ1v) is 10.2. The molecule has 1 unspecified atom stereocenters. The minimum absolute atomic E-state index is 0.0570. The summed E-state index contributed by atoms with van der Waals surface area (Å²) >= 11 is 6.28. The molecule has 156 valence electrons. The topological polar surface area (TPSA) is 60.0 Å². The summed E-state index contributed by atoms with van der Waals surface area (Å²) in [4.78, 5) is 14.8. The highest BCUT2D eigenvalue weighted by atomic mass is 35.5. The number of halogens is 1. The summed E-state index contributed by atoms with van der Waals surface area (Å²) in [6, 6.07) is 10.8. The monoisotopic (exact) mass is 418 g/mol. The van der Waals surface area contributed by atoms with Crippen molar-refractivity contribution in [2.45, 2.75) is 32.2 Å². The van der Waals surface area contributed by atoms with Crippen molar-refractivity contribution >= 4 is 23.3 Å². The molecule has 6 nitrogen and oxygen atoms in total. The first kappa shape index (κ1) is 21.1. The van der Waals surface area contributed by atoms with Gasteiger partial charge in [-0.15, -0.1) is 0 Å². The van der Waals surface area contributed by atoms with Crippen molar-refractivity contribution in [3.8, 4) is 17.2 Å². The van der Waals surface area contributed by atoms with E-state index in [2.05, 4.69) is 5.32 Å². The maximum atomic E-state index is 13.0. The molecule has 2 aromatic carbocycles. The predicted octanol–water partition coefficient (Wildman–Crippen LogP) is 5.52. The Bertz CT molecular complexity index is 859. The molecule has 0 aliphatic carbocycles. The van der Waals surface area contributed by atoms with Crippen LogP contribution in [-0.4, -0.2) is 38.3 Å². The van der Waals surface area contributed by atoms with E-state index in [4.69, 9.17) is 25.8 Å². The summed E-state index contributed by atoms with van der Waals surface area (Å²) in [5.41, 5.74) is 1.61. The summed E-state index contributed by atoms with van der Waals surface area (Å²) in [7, 11) is 3.25. The molecule has 29 heavy (non-hydrogen) atoms. The molecule has 0 spiro atoms. The molecule has 1 fully saturated rings. The lowest BCUT2D eigenvalue weighted by Gasteiger charge is -2.27. The number of ether oxygens (including phenoxy) is 3. The molecule has 1 aliphatic rings. The molecule has 1 aliphatic heterocycles. The fraction of sp³-hybridized carbons (Fsp3) is 0.409. The van der Waals surface area contributed by atoms with Crippen molar-refractivity contribution in [2.24, 2.45) is 0 Å².